The number of carbonyl (C=O) groups excluding carboxylic acids is 2. The average molecular weight is 365 g/mol. The number of rotatable bonds is 3. The second kappa shape index (κ2) is 7.42. The van der Waals surface area contributed by atoms with Gasteiger partial charge in [-0.15, -0.1) is 0 Å². The summed E-state index contributed by atoms with van der Waals surface area (Å²) in [5, 5.41) is 30.5. The van der Waals surface area contributed by atoms with Crippen LogP contribution in [0.4, 0.5) is 0 Å². The van der Waals surface area contributed by atoms with Crippen LogP contribution in [0.2, 0.25) is 5.02 Å². The van der Waals surface area contributed by atoms with Gasteiger partial charge in [0.1, 0.15) is 11.5 Å². The van der Waals surface area contributed by atoms with Crippen LogP contribution in [0.25, 0.3) is 0 Å². The highest BCUT2D eigenvalue weighted by Crippen LogP contribution is 2.27. The van der Waals surface area contributed by atoms with E-state index in [1.165, 1.54) is 32.2 Å². The fourth-order valence-electron chi connectivity index (χ4n) is 2.30. The number of aliphatic hydroxyl groups excluding tert-OH is 1. The summed E-state index contributed by atoms with van der Waals surface area (Å²) in [6.07, 6.45) is -1.52. The molecule has 2 aromatic rings. The molecular formula is C17H17ClN2O5. The second-order valence-corrected chi connectivity index (χ2v) is 5.89. The Morgan fingerprint density at radius 1 is 1.20 bits per heavy atom. The first kappa shape index (κ1) is 18.6. The van der Waals surface area contributed by atoms with E-state index in [0.29, 0.717) is 10.6 Å². The maximum Gasteiger partial charge on any atom is 0.276 e. The topological polar surface area (TPSA) is 110 Å². The maximum absolute atomic E-state index is 12.4. The monoisotopic (exact) mass is 364 g/mol. The quantitative estimate of drug-likeness (QED) is 0.622. The molecule has 0 aliphatic rings. The summed E-state index contributed by atoms with van der Waals surface area (Å²) in [7, 11) is 1.27. The van der Waals surface area contributed by atoms with Crippen LogP contribution in [0.1, 0.15) is 27.6 Å². The number of benzene rings is 2. The van der Waals surface area contributed by atoms with Crippen LogP contribution in [0, 0.1) is 6.92 Å². The summed E-state index contributed by atoms with van der Waals surface area (Å²) in [4.78, 5) is 24.5. The van der Waals surface area contributed by atoms with Gasteiger partial charge in [-0.3, -0.25) is 20.0 Å². The Kier molecular flexibility index (Phi) is 5.51. The van der Waals surface area contributed by atoms with Gasteiger partial charge < -0.3 is 15.3 Å². The summed E-state index contributed by atoms with van der Waals surface area (Å²) >= 11 is 5.82. The number of halogens is 1. The van der Waals surface area contributed by atoms with Crippen molar-refractivity contribution in [3.63, 3.8) is 0 Å². The average Bonchev–Trinajstić information content (AvgIpc) is 2.52. The predicted octanol–water partition coefficient (Wildman–Crippen LogP) is 1.90. The van der Waals surface area contributed by atoms with Crippen molar-refractivity contribution in [1.29, 1.82) is 0 Å². The normalized spacial score (nSPS) is 11.7. The van der Waals surface area contributed by atoms with Crippen LogP contribution in [-0.4, -0.2) is 39.2 Å². The van der Waals surface area contributed by atoms with Gasteiger partial charge in [0.15, 0.2) is 6.10 Å². The molecule has 0 fully saturated rings. The first-order valence-electron chi connectivity index (χ1n) is 7.25. The van der Waals surface area contributed by atoms with E-state index in [-0.39, 0.29) is 16.9 Å². The van der Waals surface area contributed by atoms with Gasteiger partial charge in [0.25, 0.3) is 11.8 Å². The SMILES string of the molecule is Cc1cc(O)cc(O)c1C(=O)N(C)NC(=O)C(O)c1cccc(Cl)c1. The minimum absolute atomic E-state index is 0.0714. The molecule has 1 unspecified atom stereocenters. The molecule has 7 nitrogen and oxygen atoms in total. The number of hydrogen-bond donors (Lipinski definition) is 4. The molecule has 8 heteroatoms. The Bertz CT molecular complexity index is 801. The highest BCUT2D eigenvalue weighted by molar-refractivity contribution is 6.30. The lowest BCUT2D eigenvalue weighted by molar-refractivity contribution is -0.133. The predicted molar refractivity (Wildman–Crippen MR) is 91.2 cm³/mol. The van der Waals surface area contributed by atoms with E-state index in [2.05, 4.69) is 5.43 Å². The lowest BCUT2D eigenvalue weighted by Gasteiger charge is -2.22. The molecule has 2 amide bonds. The zero-order valence-electron chi connectivity index (χ0n) is 13.5. The molecule has 1 atom stereocenters. The van der Waals surface area contributed by atoms with Gasteiger partial charge in [-0.2, -0.15) is 0 Å². The Hall–Kier alpha value is -2.77. The number of phenols is 2. The molecule has 0 saturated carbocycles. The zero-order chi connectivity index (χ0) is 18.7. The molecule has 0 aliphatic heterocycles. The number of carbonyl (C=O) groups is 2. The number of hydrogen-bond acceptors (Lipinski definition) is 5. The Morgan fingerprint density at radius 2 is 1.88 bits per heavy atom. The van der Waals surface area contributed by atoms with Crippen molar-refractivity contribution < 1.29 is 24.9 Å². The van der Waals surface area contributed by atoms with Crippen molar-refractivity contribution in [2.45, 2.75) is 13.0 Å². The van der Waals surface area contributed by atoms with Crippen molar-refractivity contribution in [3.8, 4) is 11.5 Å². The van der Waals surface area contributed by atoms with Crippen LogP contribution in [-0.2, 0) is 4.79 Å². The zero-order valence-corrected chi connectivity index (χ0v) is 14.3. The first-order chi connectivity index (χ1) is 11.7. The lowest BCUT2D eigenvalue weighted by Crippen LogP contribution is -2.45. The van der Waals surface area contributed by atoms with Gasteiger partial charge in [0.05, 0.1) is 5.56 Å². The molecule has 0 saturated heterocycles. The van der Waals surface area contributed by atoms with E-state index < -0.39 is 23.7 Å². The van der Waals surface area contributed by atoms with Crippen LogP contribution in [0.5, 0.6) is 11.5 Å². The van der Waals surface area contributed by atoms with Gasteiger partial charge >= 0.3 is 0 Å². The molecule has 0 radical (unpaired) electrons. The second-order valence-electron chi connectivity index (χ2n) is 5.45. The minimum Gasteiger partial charge on any atom is -0.508 e. The van der Waals surface area contributed by atoms with E-state index in [0.717, 1.165) is 11.1 Å². The third-order valence-electron chi connectivity index (χ3n) is 3.51. The van der Waals surface area contributed by atoms with E-state index >= 15 is 0 Å². The van der Waals surface area contributed by atoms with E-state index in [1.807, 2.05) is 0 Å². The molecular weight excluding hydrogens is 348 g/mol. The fraction of sp³-hybridized carbons (Fsp3) is 0.176. The van der Waals surface area contributed by atoms with Crippen molar-refractivity contribution >= 4 is 23.4 Å². The van der Waals surface area contributed by atoms with Crippen LogP contribution in [0.3, 0.4) is 0 Å². The van der Waals surface area contributed by atoms with Gasteiger partial charge in [-0.25, -0.2) is 0 Å². The molecule has 2 aromatic carbocycles. The molecule has 4 N–H and O–H groups in total. The maximum atomic E-state index is 12.4. The van der Waals surface area contributed by atoms with E-state index in [4.69, 9.17) is 11.6 Å². The Labute approximate surface area is 149 Å². The van der Waals surface area contributed by atoms with Crippen molar-refractivity contribution in [1.82, 2.24) is 10.4 Å². The molecule has 2 rings (SSSR count). The standard InChI is InChI=1S/C17H17ClN2O5/c1-9-6-12(21)8-13(22)14(9)17(25)20(2)19-16(24)15(23)10-4-3-5-11(18)7-10/h3-8,15,21-23H,1-2H3,(H,19,24). The molecule has 0 aliphatic carbocycles. The Balaban J connectivity index is 2.15. The van der Waals surface area contributed by atoms with Crippen molar-refractivity contribution in [2.24, 2.45) is 0 Å². The van der Waals surface area contributed by atoms with Crippen molar-refractivity contribution in [3.05, 3.63) is 58.1 Å². The molecule has 0 bridgehead atoms. The van der Waals surface area contributed by atoms with Gasteiger partial charge in [-0.1, -0.05) is 23.7 Å². The number of hydrazine groups is 1. The van der Waals surface area contributed by atoms with Crippen molar-refractivity contribution in [2.75, 3.05) is 7.05 Å². The highest BCUT2D eigenvalue weighted by atomic mass is 35.5. The van der Waals surface area contributed by atoms with Crippen LogP contribution in [0.15, 0.2) is 36.4 Å². The number of amides is 2. The smallest absolute Gasteiger partial charge is 0.276 e. The summed E-state index contributed by atoms with van der Waals surface area (Å²) in [6, 6.07) is 8.47. The van der Waals surface area contributed by atoms with Crippen LogP contribution >= 0.6 is 11.6 Å². The number of aliphatic hydroxyl groups is 1. The summed E-state index contributed by atoms with van der Waals surface area (Å²) in [5.74, 6) is -2.15. The van der Waals surface area contributed by atoms with Crippen LogP contribution < -0.4 is 5.43 Å². The Morgan fingerprint density at radius 3 is 2.48 bits per heavy atom. The number of nitrogens with zero attached hydrogens (tertiary/aromatic N) is 1. The third-order valence-corrected chi connectivity index (χ3v) is 3.74. The third kappa shape index (κ3) is 4.20. The summed E-state index contributed by atoms with van der Waals surface area (Å²) in [6.45, 7) is 1.53. The number of nitrogens with one attached hydrogen (secondary N) is 1. The minimum atomic E-state index is -1.52. The van der Waals surface area contributed by atoms with Gasteiger partial charge in [-0.05, 0) is 36.2 Å². The summed E-state index contributed by atoms with van der Waals surface area (Å²) in [5.41, 5.74) is 2.78. The van der Waals surface area contributed by atoms with Gasteiger partial charge in [0.2, 0.25) is 0 Å². The molecule has 0 aromatic heterocycles. The number of aryl methyl sites for hydroxylation is 1. The molecule has 0 spiro atoms. The fourth-order valence-corrected chi connectivity index (χ4v) is 2.50. The number of aromatic hydroxyl groups is 2. The molecule has 0 heterocycles. The molecule has 132 valence electrons. The molecule has 25 heavy (non-hydrogen) atoms. The lowest BCUT2D eigenvalue weighted by atomic mass is 10.1. The van der Waals surface area contributed by atoms with Gasteiger partial charge in [0, 0.05) is 18.1 Å². The summed E-state index contributed by atoms with van der Waals surface area (Å²) < 4.78 is 0. The largest absolute Gasteiger partial charge is 0.508 e. The number of phenolic OH excluding ortho intramolecular Hbond substituents is 2. The highest BCUT2D eigenvalue weighted by Gasteiger charge is 2.24. The van der Waals surface area contributed by atoms with E-state index in [9.17, 15) is 24.9 Å². The van der Waals surface area contributed by atoms with E-state index in [1.54, 1.807) is 12.1 Å². The first-order valence-corrected chi connectivity index (χ1v) is 7.63.